The van der Waals surface area contributed by atoms with Gasteiger partial charge in [-0.05, 0) is 18.2 Å². The minimum Gasteiger partial charge on any atom is -0.481 e. The quantitative estimate of drug-likeness (QED) is 0.925. The highest BCUT2D eigenvalue weighted by Gasteiger charge is 2.36. The molecule has 0 aliphatic carbocycles. The molecule has 0 aromatic heterocycles. The Morgan fingerprint density at radius 1 is 1.47 bits per heavy atom. The highest BCUT2D eigenvalue weighted by molar-refractivity contribution is 9.10. The van der Waals surface area contributed by atoms with Crippen molar-refractivity contribution in [1.82, 2.24) is 0 Å². The summed E-state index contributed by atoms with van der Waals surface area (Å²) in [7, 11) is 0. The van der Waals surface area contributed by atoms with E-state index in [2.05, 4.69) is 15.9 Å². The van der Waals surface area contributed by atoms with Crippen molar-refractivity contribution < 1.29 is 23.1 Å². The van der Waals surface area contributed by atoms with E-state index < -0.39 is 29.7 Å². The van der Waals surface area contributed by atoms with Crippen LogP contribution in [-0.2, 0) is 10.7 Å². The van der Waals surface area contributed by atoms with Crippen LogP contribution in [0.25, 0.3) is 0 Å². The van der Waals surface area contributed by atoms with Crippen LogP contribution in [0.4, 0.5) is 13.2 Å². The highest BCUT2D eigenvalue weighted by atomic mass is 79.9. The number of carboxylic acid groups (broad SMARTS) is 1. The van der Waals surface area contributed by atoms with E-state index in [4.69, 9.17) is 5.11 Å². The predicted octanol–water partition coefficient (Wildman–Crippen LogP) is 3.15. The van der Waals surface area contributed by atoms with Crippen molar-refractivity contribution in [3.8, 4) is 0 Å². The van der Waals surface area contributed by atoms with Crippen molar-refractivity contribution in [2.45, 2.75) is 12.3 Å². The fourth-order valence-electron chi connectivity index (χ4n) is 1.06. The van der Waals surface area contributed by atoms with Crippen LogP contribution in [0.15, 0.2) is 22.7 Å². The van der Waals surface area contributed by atoms with Gasteiger partial charge in [-0.3, -0.25) is 4.79 Å². The number of hydrogen-bond acceptors (Lipinski definition) is 1. The van der Waals surface area contributed by atoms with E-state index in [1.807, 2.05) is 0 Å². The van der Waals surface area contributed by atoms with E-state index in [1.54, 1.807) is 0 Å². The van der Waals surface area contributed by atoms with Crippen LogP contribution in [-0.4, -0.2) is 11.1 Å². The molecule has 1 aromatic carbocycles. The zero-order chi connectivity index (χ0) is 11.6. The zero-order valence-corrected chi connectivity index (χ0v) is 8.89. The maximum absolute atomic E-state index is 13.3. The number of rotatable bonds is 3. The molecule has 0 aliphatic rings. The van der Waals surface area contributed by atoms with Gasteiger partial charge in [0.15, 0.2) is 0 Å². The summed E-state index contributed by atoms with van der Waals surface area (Å²) in [6.45, 7) is 0. The first kappa shape index (κ1) is 12.0. The molecule has 0 saturated heterocycles. The molecule has 0 saturated carbocycles. The van der Waals surface area contributed by atoms with Gasteiger partial charge in [0.2, 0.25) is 0 Å². The van der Waals surface area contributed by atoms with E-state index in [1.165, 1.54) is 0 Å². The van der Waals surface area contributed by atoms with E-state index in [0.29, 0.717) is 6.07 Å². The third-order valence-corrected chi connectivity index (χ3v) is 2.39. The lowest BCUT2D eigenvalue weighted by Gasteiger charge is -2.15. The van der Waals surface area contributed by atoms with Crippen LogP contribution in [0.5, 0.6) is 0 Å². The van der Waals surface area contributed by atoms with Gasteiger partial charge in [0.05, 0.1) is 0 Å². The lowest BCUT2D eigenvalue weighted by Crippen LogP contribution is -2.19. The molecule has 0 unspecified atom stereocenters. The van der Waals surface area contributed by atoms with Crippen molar-refractivity contribution in [1.29, 1.82) is 0 Å². The molecule has 0 fully saturated rings. The van der Waals surface area contributed by atoms with Gasteiger partial charge in [0.25, 0.3) is 5.92 Å². The van der Waals surface area contributed by atoms with Crippen LogP contribution >= 0.6 is 15.9 Å². The van der Waals surface area contributed by atoms with Gasteiger partial charge in [-0.25, -0.2) is 13.2 Å². The lowest BCUT2D eigenvalue weighted by molar-refractivity contribution is -0.145. The average molecular weight is 283 g/mol. The van der Waals surface area contributed by atoms with Crippen LogP contribution in [0.3, 0.4) is 0 Å². The zero-order valence-electron chi connectivity index (χ0n) is 7.31. The summed E-state index contributed by atoms with van der Waals surface area (Å²) in [6, 6.07) is 2.73. The Bertz CT molecular complexity index is 393. The van der Waals surface area contributed by atoms with Crippen LogP contribution in [0, 0.1) is 5.82 Å². The number of hydrogen-bond donors (Lipinski definition) is 1. The molecule has 2 nitrogen and oxygen atoms in total. The second kappa shape index (κ2) is 4.22. The molecule has 1 rings (SSSR count). The van der Waals surface area contributed by atoms with Gasteiger partial charge in [-0.15, -0.1) is 0 Å². The van der Waals surface area contributed by atoms with Crippen LogP contribution in [0.1, 0.15) is 12.0 Å². The van der Waals surface area contributed by atoms with Crippen molar-refractivity contribution >= 4 is 21.9 Å². The summed E-state index contributed by atoms with van der Waals surface area (Å²) in [4.78, 5) is 10.2. The highest BCUT2D eigenvalue weighted by Crippen LogP contribution is 2.36. The van der Waals surface area contributed by atoms with Crippen molar-refractivity contribution in [2.24, 2.45) is 0 Å². The van der Waals surface area contributed by atoms with E-state index in [-0.39, 0.29) is 4.47 Å². The predicted molar refractivity (Wildman–Crippen MR) is 50.2 cm³/mol. The monoisotopic (exact) mass is 282 g/mol. The summed E-state index contributed by atoms with van der Waals surface area (Å²) >= 11 is 2.82. The maximum atomic E-state index is 13.3. The number of halogens is 4. The smallest absolute Gasteiger partial charge is 0.309 e. The van der Waals surface area contributed by atoms with Gasteiger partial charge in [0, 0.05) is 10.0 Å². The minimum absolute atomic E-state index is 0.0184. The summed E-state index contributed by atoms with van der Waals surface area (Å²) in [6.07, 6.45) is -1.37. The molecule has 0 heterocycles. The molecule has 0 aliphatic heterocycles. The summed E-state index contributed by atoms with van der Waals surface area (Å²) < 4.78 is 39.2. The molecule has 82 valence electrons. The first-order valence-electron chi connectivity index (χ1n) is 3.88. The van der Waals surface area contributed by atoms with Crippen molar-refractivity contribution in [3.63, 3.8) is 0 Å². The maximum Gasteiger partial charge on any atom is 0.309 e. The Hall–Kier alpha value is -1.04. The van der Waals surface area contributed by atoms with E-state index >= 15 is 0 Å². The molecular formula is C9H6BrF3O2. The number of benzene rings is 1. The molecule has 0 atom stereocenters. The third-order valence-electron chi connectivity index (χ3n) is 1.70. The Kier molecular flexibility index (Phi) is 3.38. The topological polar surface area (TPSA) is 37.3 Å². The van der Waals surface area contributed by atoms with Crippen LogP contribution < -0.4 is 0 Å². The normalized spacial score (nSPS) is 11.5. The van der Waals surface area contributed by atoms with E-state index in [0.717, 1.165) is 12.1 Å². The van der Waals surface area contributed by atoms with Crippen molar-refractivity contribution in [2.75, 3.05) is 0 Å². The lowest BCUT2D eigenvalue weighted by atomic mass is 10.1. The van der Waals surface area contributed by atoms with Gasteiger partial charge in [0.1, 0.15) is 12.2 Å². The molecule has 0 amide bonds. The molecule has 0 bridgehead atoms. The summed E-state index contributed by atoms with van der Waals surface area (Å²) in [5.41, 5.74) is -0.662. The van der Waals surface area contributed by atoms with Crippen LogP contribution in [0.2, 0.25) is 0 Å². The van der Waals surface area contributed by atoms with E-state index in [9.17, 15) is 18.0 Å². The first-order chi connectivity index (χ1) is 6.83. The Morgan fingerprint density at radius 2 is 2.07 bits per heavy atom. The third kappa shape index (κ3) is 2.95. The van der Waals surface area contributed by atoms with Crippen molar-refractivity contribution in [3.05, 3.63) is 34.1 Å². The largest absolute Gasteiger partial charge is 0.481 e. The second-order valence-electron chi connectivity index (χ2n) is 2.90. The summed E-state index contributed by atoms with van der Waals surface area (Å²) in [5.74, 6) is -6.07. The van der Waals surface area contributed by atoms with Gasteiger partial charge >= 0.3 is 5.97 Å². The molecule has 0 radical (unpaired) electrons. The minimum atomic E-state index is -3.59. The molecular weight excluding hydrogens is 277 g/mol. The molecule has 15 heavy (non-hydrogen) atoms. The average Bonchev–Trinajstić information content (AvgIpc) is 2.06. The SMILES string of the molecule is O=C(O)CC(F)(F)c1cc(F)ccc1Br. The molecule has 6 heteroatoms. The number of carboxylic acids is 1. The fourth-order valence-corrected chi connectivity index (χ4v) is 1.60. The Morgan fingerprint density at radius 3 is 2.60 bits per heavy atom. The summed E-state index contributed by atoms with van der Waals surface area (Å²) in [5, 5.41) is 8.28. The van der Waals surface area contributed by atoms with Gasteiger partial charge in [-0.1, -0.05) is 15.9 Å². The molecule has 1 N–H and O–H groups in total. The standard InChI is InChI=1S/C9H6BrF3O2/c10-7-2-1-5(11)3-6(7)9(12,13)4-8(14)15/h1-3H,4H2,(H,14,15). The number of aliphatic carboxylic acids is 1. The number of alkyl halides is 2. The Labute approximate surface area is 91.8 Å². The van der Waals surface area contributed by atoms with Gasteiger partial charge in [-0.2, -0.15) is 0 Å². The molecule has 1 aromatic rings. The fraction of sp³-hybridized carbons (Fsp3) is 0.222. The first-order valence-corrected chi connectivity index (χ1v) is 4.67. The number of carbonyl (C=O) groups is 1. The van der Waals surface area contributed by atoms with Gasteiger partial charge < -0.3 is 5.11 Å². The molecule has 0 spiro atoms. The second-order valence-corrected chi connectivity index (χ2v) is 3.75. The Balaban J connectivity index is 3.13.